The summed E-state index contributed by atoms with van der Waals surface area (Å²) in [5.41, 5.74) is 0.969. The number of benzene rings is 1. The number of ether oxygens (including phenoxy) is 2. The molecule has 1 unspecified atom stereocenters. The maximum absolute atomic E-state index is 13.3. The van der Waals surface area contributed by atoms with E-state index in [1.807, 2.05) is 26.0 Å². The van der Waals surface area contributed by atoms with Crippen molar-refractivity contribution in [2.45, 2.75) is 32.7 Å². The lowest BCUT2D eigenvalue weighted by molar-refractivity contribution is -0.286. The van der Waals surface area contributed by atoms with Gasteiger partial charge in [-0.3, -0.25) is 4.98 Å². The molecule has 5 nitrogen and oxygen atoms in total. The fourth-order valence-corrected chi connectivity index (χ4v) is 2.86. The van der Waals surface area contributed by atoms with E-state index in [0.717, 1.165) is 5.56 Å². The normalized spacial score (nSPS) is 16.7. The van der Waals surface area contributed by atoms with Gasteiger partial charge in [-0.2, -0.15) is 0 Å². The Balaban J connectivity index is 1.83. The van der Waals surface area contributed by atoms with Crippen LogP contribution < -0.4 is 14.8 Å². The molecule has 0 amide bonds. The molecule has 1 aliphatic rings. The van der Waals surface area contributed by atoms with Gasteiger partial charge in [-0.05, 0) is 17.7 Å². The summed E-state index contributed by atoms with van der Waals surface area (Å²) in [4.78, 5) is 4.12. The van der Waals surface area contributed by atoms with Crippen LogP contribution in [0.4, 0.5) is 8.78 Å². The van der Waals surface area contributed by atoms with Crippen LogP contribution in [0.2, 0.25) is 0 Å². The zero-order valence-corrected chi connectivity index (χ0v) is 14.0. The van der Waals surface area contributed by atoms with E-state index in [-0.39, 0.29) is 30.7 Å². The first-order chi connectivity index (χ1) is 11.8. The summed E-state index contributed by atoms with van der Waals surface area (Å²) in [5, 5.41) is 13.1. The lowest BCUT2D eigenvalue weighted by atomic mass is 9.81. The number of fused-ring (bicyclic) bond motifs is 1. The van der Waals surface area contributed by atoms with Crippen molar-refractivity contribution >= 4 is 0 Å². The van der Waals surface area contributed by atoms with Gasteiger partial charge in [0, 0.05) is 42.6 Å². The van der Waals surface area contributed by atoms with Gasteiger partial charge in [-0.25, -0.2) is 0 Å². The van der Waals surface area contributed by atoms with Crippen molar-refractivity contribution in [3.05, 3.63) is 53.9 Å². The summed E-state index contributed by atoms with van der Waals surface area (Å²) in [6, 6.07) is 8.26. The van der Waals surface area contributed by atoms with Crippen molar-refractivity contribution in [3.8, 4) is 11.5 Å². The Bertz CT molecular complexity index is 738. The number of pyridine rings is 1. The molecule has 0 saturated heterocycles. The van der Waals surface area contributed by atoms with Crippen LogP contribution in [0.15, 0.2) is 42.7 Å². The maximum atomic E-state index is 13.3. The van der Waals surface area contributed by atoms with Crippen LogP contribution in [0.3, 0.4) is 0 Å². The molecule has 25 heavy (non-hydrogen) atoms. The topological polar surface area (TPSA) is 63.6 Å². The van der Waals surface area contributed by atoms with E-state index in [1.165, 1.54) is 6.07 Å². The molecule has 2 aromatic rings. The van der Waals surface area contributed by atoms with Crippen molar-refractivity contribution in [3.63, 3.8) is 0 Å². The summed E-state index contributed by atoms with van der Waals surface area (Å²) >= 11 is 0. The SMILES string of the molecule is CC(C)(CO)C(NCc1cccc2c1OC(F)(F)O2)c1cccnc1. The maximum Gasteiger partial charge on any atom is 0.586 e. The Hall–Kier alpha value is -2.25. The first-order valence-electron chi connectivity index (χ1n) is 7.94. The molecule has 134 valence electrons. The summed E-state index contributed by atoms with van der Waals surface area (Å²) < 4.78 is 35.7. The second-order valence-electron chi connectivity index (χ2n) is 6.66. The number of alkyl halides is 2. The van der Waals surface area contributed by atoms with E-state index < -0.39 is 11.7 Å². The summed E-state index contributed by atoms with van der Waals surface area (Å²) in [6.45, 7) is 4.05. The smallest absolute Gasteiger partial charge is 0.396 e. The number of halogens is 2. The van der Waals surface area contributed by atoms with Gasteiger partial charge in [0.2, 0.25) is 0 Å². The predicted molar refractivity (Wildman–Crippen MR) is 87.3 cm³/mol. The molecule has 0 radical (unpaired) electrons. The van der Waals surface area contributed by atoms with E-state index >= 15 is 0 Å². The summed E-state index contributed by atoms with van der Waals surface area (Å²) in [6.07, 6.45) is -0.256. The second-order valence-corrected chi connectivity index (χ2v) is 6.66. The van der Waals surface area contributed by atoms with Gasteiger partial charge >= 0.3 is 6.29 Å². The van der Waals surface area contributed by atoms with Crippen LogP contribution in [-0.4, -0.2) is 23.0 Å². The zero-order valence-electron chi connectivity index (χ0n) is 14.0. The molecule has 1 aromatic carbocycles. The highest BCUT2D eigenvalue weighted by atomic mass is 19.3. The average Bonchev–Trinajstić information content (AvgIpc) is 2.90. The highest BCUT2D eigenvalue weighted by Gasteiger charge is 2.44. The van der Waals surface area contributed by atoms with Crippen molar-refractivity contribution in [2.75, 3.05) is 6.61 Å². The number of aliphatic hydroxyl groups excluding tert-OH is 1. The molecule has 2 heterocycles. The van der Waals surface area contributed by atoms with Crippen LogP contribution in [-0.2, 0) is 6.54 Å². The first-order valence-corrected chi connectivity index (χ1v) is 7.94. The minimum Gasteiger partial charge on any atom is -0.396 e. The molecule has 0 saturated carbocycles. The van der Waals surface area contributed by atoms with Crippen molar-refractivity contribution in [2.24, 2.45) is 5.41 Å². The van der Waals surface area contributed by atoms with Crippen LogP contribution in [0.25, 0.3) is 0 Å². The average molecular weight is 350 g/mol. The van der Waals surface area contributed by atoms with E-state index in [9.17, 15) is 13.9 Å². The Morgan fingerprint density at radius 3 is 2.72 bits per heavy atom. The molecule has 3 rings (SSSR count). The van der Waals surface area contributed by atoms with E-state index in [0.29, 0.717) is 5.56 Å². The number of aromatic nitrogens is 1. The number of hydrogen-bond acceptors (Lipinski definition) is 5. The molecule has 1 aromatic heterocycles. The van der Waals surface area contributed by atoms with Crippen LogP contribution in [0.1, 0.15) is 31.0 Å². The fourth-order valence-electron chi connectivity index (χ4n) is 2.86. The molecule has 0 fully saturated rings. The summed E-state index contributed by atoms with van der Waals surface area (Å²) in [5.74, 6) is 0.0513. The monoisotopic (exact) mass is 350 g/mol. The zero-order chi connectivity index (χ0) is 18.1. The number of hydrogen-bond donors (Lipinski definition) is 2. The van der Waals surface area contributed by atoms with Gasteiger partial charge in [-0.15, -0.1) is 8.78 Å². The largest absolute Gasteiger partial charge is 0.586 e. The standard InChI is InChI=1S/C18H20F2N2O3/c1-17(2,11-23)16(13-6-4-8-21-9-13)22-10-12-5-3-7-14-15(12)25-18(19,20)24-14/h3-9,16,22-23H,10-11H2,1-2H3. The van der Waals surface area contributed by atoms with Gasteiger partial charge in [0.05, 0.1) is 0 Å². The number of para-hydroxylation sites is 1. The van der Waals surface area contributed by atoms with Crippen molar-refractivity contribution in [1.29, 1.82) is 0 Å². The van der Waals surface area contributed by atoms with Crippen LogP contribution in [0, 0.1) is 5.41 Å². The van der Waals surface area contributed by atoms with E-state index in [4.69, 9.17) is 0 Å². The van der Waals surface area contributed by atoms with Gasteiger partial charge in [0.15, 0.2) is 11.5 Å². The Labute approximate surface area is 144 Å². The van der Waals surface area contributed by atoms with Crippen LogP contribution in [0.5, 0.6) is 11.5 Å². The Morgan fingerprint density at radius 2 is 2.04 bits per heavy atom. The minimum atomic E-state index is -3.65. The van der Waals surface area contributed by atoms with Gasteiger partial charge in [0.25, 0.3) is 0 Å². The lowest BCUT2D eigenvalue weighted by Gasteiger charge is -2.34. The Kier molecular flexibility index (Phi) is 4.62. The minimum absolute atomic E-state index is 0.0173. The van der Waals surface area contributed by atoms with E-state index in [1.54, 1.807) is 24.5 Å². The van der Waals surface area contributed by atoms with E-state index in [2.05, 4.69) is 19.8 Å². The quantitative estimate of drug-likeness (QED) is 0.837. The predicted octanol–water partition coefficient (Wildman–Crippen LogP) is 3.25. The highest BCUT2D eigenvalue weighted by molar-refractivity contribution is 5.48. The summed E-state index contributed by atoms with van der Waals surface area (Å²) in [7, 11) is 0. The number of nitrogens with one attached hydrogen (secondary N) is 1. The molecule has 2 N–H and O–H groups in total. The molecule has 0 bridgehead atoms. The lowest BCUT2D eigenvalue weighted by Crippen LogP contribution is -2.36. The third kappa shape index (κ3) is 3.72. The third-order valence-electron chi connectivity index (χ3n) is 4.21. The fraction of sp³-hybridized carbons (Fsp3) is 0.389. The van der Waals surface area contributed by atoms with Crippen LogP contribution >= 0.6 is 0 Å². The van der Waals surface area contributed by atoms with Gasteiger partial charge in [-0.1, -0.05) is 32.0 Å². The molecular formula is C18H20F2N2O3. The molecular weight excluding hydrogens is 330 g/mol. The molecule has 0 aliphatic carbocycles. The van der Waals surface area contributed by atoms with Gasteiger partial charge in [0.1, 0.15) is 0 Å². The third-order valence-corrected chi connectivity index (χ3v) is 4.21. The highest BCUT2D eigenvalue weighted by Crippen LogP contribution is 2.43. The Morgan fingerprint density at radius 1 is 1.24 bits per heavy atom. The molecule has 1 aliphatic heterocycles. The molecule has 1 atom stereocenters. The molecule has 0 spiro atoms. The van der Waals surface area contributed by atoms with Gasteiger partial charge < -0.3 is 19.9 Å². The number of nitrogens with zero attached hydrogens (tertiary/aromatic N) is 1. The number of aliphatic hydroxyl groups is 1. The number of rotatable bonds is 6. The second kappa shape index (κ2) is 6.57. The molecule has 7 heteroatoms. The first kappa shape index (κ1) is 17.6. The van der Waals surface area contributed by atoms with Crippen molar-refractivity contribution < 1.29 is 23.4 Å². The van der Waals surface area contributed by atoms with Crippen molar-refractivity contribution in [1.82, 2.24) is 10.3 Å².